The topological polar surface area (TPSA) is 23.8 Å². The summed E-state index contributed by atoms with van der Waals surface area (Å²) in [6, 6.07) is 0. The fourth-order valence-corrected chi connectivity index (χ4v) is 0.280. The molecule has 0 spiro atoms. The normalized spacial score (nSPS) is 8.67. The van der Waals surface area contributed by atoms with E-state index in [1.54, 1.807) is 5.40 Å². The maximum Gasteiger partial charge on any atom is 0.138 e. The first kappa shape index (κ1) is 5.87. The van der Waals surface area contributed by atoms with Crippen LogP contribution in [0, 0.1) is 16.1 Å². The average molecular weight is 119 g/mol. The molecule has 1 radical (unpaired) electrons. The second-order valence-electron chi connectivity index (χ2n) is 0.420. The number of thioether (sulfide) groups is 1. The van der Waals surface area contributed by atoms with Crippen molar-refractivity contribution < 1.29 is 0 Å². The molecule has 0 heterocycles. The van der Waals surface area contributed by atoms with E-state index in [0.29, 0.717) is 0 Å². The van der Waals surface area contributed by atoms with Crippen LogP contribution in [-0.4, -0.2) is 0 Å². The SMILES string of the molecule is N#CS/[C]=C\Cl. The quantitative estimate of drug-likeness (QED) is 0.490. The van der Waals surface area contributed by atoms with Gasteiger partial charge in [-0.05, 0) is 11.8 Å². The van der Waals surface area contributed by atoms with Crippen molar-refractivity contribution in [1.29, 1.82) is 5.26 Å². The molecule has 0 aromatic rings. The Labute approximate surface area is 45.6 Å². The van der Waals surface area contributed by atoms with Crippen LogP contribution in [0.15, 0.2) is 5.54 Å². The van der Waals surface area contributed by atoms with Gasteiger partial charge >= 0.3 is 0 Å². The Bertz CT molecular complexity index is 83.3. The Morgan fingerprint density at radius 1 is 1.83 bits per heavy atom. The largest absolute Gasteiger partial charge is 0.185 e. The molecule has 3 heteroatoms. The number of nitriles is 1. The molecule has 0 rings (SSSR count). The van der Waals surface area contributed by atoms with Gasteiger partial charge in [-0.25, -0.2) is 0 Å². The average Bonchev–Trinajstić information content (AvgIpc) is 1.61. The van der Waals surface area contributed by atoms with Gasteiger partial charge in [0.25, 0.3) is 0 Å². The summed E-state index contributed by atoms with van der Waals surface area (Å²) >= 11 is 5.85. The molecule has 1 nitrogen and oxygen atoms in total. The summed E-state index contributed by atoms with van der Waals surface area (Å²) in [7, 11) is 0. The molecule has 0 unspecified atom stereocenters. The van der Waals surface area contributed by atoms with Crippen LogP contribution in [0.1, 0.15) is 0 Å². The Balaban J connectivity index is 2.92. The van der Waals surface area contributed by atoms with Crippen LogP contribution in [0.2, 0.25) is 0 Å². The number of nitrogens with zero attached hydrogens (tertiary/aromatic N) is 1. The molecular formula is C3HClNS. The molecule has 0 aliphatic rings. The summed E-state index contributed by atoms with van der Waals surface area (Å²) in [4.78, 5) is 0. The highest BCUT2D eigenvalue weighted by atomic mass is 35.5. The third-order valence-electron chi connectivity index (χ3n) is 0.149. The highest BCUT2D eigenvalue weighted by Gasteiger charge is 1.65. The summed E-state index contributed by atoms with van der Waals surface area (Å²) < 4.78 is 0. The van der Waals surface area contributed by atoms with Gasteiger partial charge in [0.2, 0.25) is 0 Å². The number of thiocyanates is 1. The molecule has 0 aromatic carbocycles. The lowest BCUT2D eigenvalue weighted by Crippen LogP contribution is -1.34. The van der Waals surface area contributed by atoms with Gasteiger partial charge in [-0.2, -0.15) is 5.26 Å². The molecular weight excluding hydrogens is 118 g/mol. The van der Waals surface area contributed by atoms with Crippen molar-refractivity contribution in [3.8, 4) is 5.40 Å². The Morgan fingerprint density at radius 2 is 2.50 bits per heavy atom. The molecule has 0 amide bonds. The summed E-state index contributed by atoms with van der Waals surface area (Å²) in [5, 5.41) is 11.9. The number of rotatable bonds is 1. The van der Waals surface area contributed by atoms with Gasteiger partial charge in [-0.1, -0.05) is 11.6 Å². The minimum Gasteiger partial charge on any atom is -0.185 e. The summed E-state index contributed by atoms with van der Waals surface area (Å²) in [6.45, 7) is 0. The van der Waals surface area contributed by atoms with E-state index in [1.165, 1.54) is 5.54 Å². The highest BCUT2D eigenvalue weighted by Crippen LogP contribution is 1.95. The fraction of sp³-hybridized carbons (Fsp3) is 0. The van der Waals surface area contributed by atoms with E-state index >= 15 is 0 Å². The first-order valence-corrected chi connectivity index (χ1v) is 2.39. The lowest BCUT2D eigenvalue weighted by molar-refractivity contribution is 1.57. The first-order chi connectivity index (χ1) is 2.91. The Morgan fingerprint density at radius 3 is 2.67 bits per heavy atom. The summed E-state index contributed by atoms with van der Waals surface area (Å²) in [5.41, 5.74) is 1.17. The summed E-state index contributed by atoms with van der Waals surface area (Å²) in [6.07, 6.45) is 0. The van der Waals surface area contributed by atoms with Gasteiger partial charge in [-0.15, -0.1) is 0 Å². The fourth-order valence-electron chi connectivity index (χ4n) is 0.0486. The van der Waals surface area contributed by atoms with E-state index in [1.807, 2.05) is 0 Å². The van der Waals surface area contributed by atoms with E-state index in [9.17, 15) is 0 Å². The van der Waals surface area contributed by atoms with Gasteiger partial charge in [0, 0.05) is 10.9 Å². The van der Waals surface area contributed by atoms with E-state index in [2.05, 4.69) is 5.41 Å². The third kappa shape index (κ3) is 3.87. The zero-order valence-electron chi connectivity index (χ0n) is 2.81. The predicted octanol–water partition coefficient (Wildman–Crippen LogP) is 1.71. The number of hydrogen-bond donors (Lipinski definition) is 0. The molecule has 0 aromatic heterocycles. The highest BCUT2D eigenvalue weighted by molar-refractivity contribution is 8.05. The minimum absolute atomic E-state index is 0.876. The minimum atomic E-state index is 0.876. The molecule has 0 N–H and O–H groups in total. The molecule has 31 valence electrons. The monoisotopic (exact) mass is 118 g/mol. The standard InChI is InChI=1S/C3HClNS/c4-1-2-6-3-5/h1H. The molecule has 0 aliphatic carbocycles. The molecule has 0 saturated heterocycles. The molecule has 0 aliphatic heterocycles. The van der Waals surface area contributed by atoms with Gasteiger partial charge in [0.15, 0.2) is 0 Å². The second kappa shape index (κ2) is 4.87. The van der Waals surface area contributed by atoms with Crippen molar-refractivity contribution in [2.45, 2.75) is 0 Å². The van der Waals surface area contributed by atoms with E-state index in [0.717, 1.165) is 11.8 Å². The lowest BCUT2D eigenvalue weighted by Gasteiger charge is -1.59. The molecule has 0 fully saturated rings. The molecule has 0 saturated carbocycles. The van der Waals surface area contributed by atoms with E-state index in [-0.39, 0.29) is 0 Å². The van der Waals surface area contributed by atoms with Crippen molar-refractivity contribution in [1.82, 2.24) is 0 Å². The molecule has 6 heavy (non-hydrogen) atoms. The second-order valence-corrected chi connectivity index (χ2v) is 1.26. The lowest BCUT2D eigenvalue weighted by atomic mass is 11.3. The van der Waals surface area contributed by atoms with Crippen LogP contribution >= 0.6 is 23.4 Å². The maximum absolute atomic E-state index is 7.77. The molecule has 0 bridgehead atoms. The van der Waals surface area contributed by atoms with Crippen LogP contribution in [0.3, 0.4) is 0 Å². The Hall–Kier alpha value is -0.130. The van der Waals surface area contributed by atoms with Gasteiger partial charge in [0.05, 0.1) is 0 Å². The van der Waals surface area contributed by atoms with Crippen molar-refractivity contribution in [3.05, 3.63) is 10.9 Å². The van der Waals surface area contributed by atoms with Crippen LogP contribution in [0.4, 0.5) is 0 Å². The van der Waals surface area contributed by atoms with Crippen molar-refractivity contribution in [2.24, 2.45) is 0 Å². The zero-order valence-corrected chi connectivity index (χ0v) is 4.38. The van der Waals surface area contributed by atoms with E-state index in [4.69, 9.17) is 16.9 Å². The van der Waals surface area contributed by atoms with Crippen LogP contribution < -0.4 is 0 Å². The summed E-state index contributed by atoms with van der Waals surface area (Å²) in [5.74, 6) is 0. The molecule has 0 atom stereocenters. The number of halogens is 1. The Kier molecular flexibility index (Phi) is 4.76. The van der Waals surface area contributed by atoms with Gasteiger partial charge in [-0.3, -0.25) is 0 Å². The smallest absolute Gasteiger partial charge is 0.138 e. The van der Waals surface area contributed by atoms with Crippen LogP contribution in [-0.2, 0) is 0 Å². The maximum atomic E-state index is 7.77. The van der Waals surface area contributed by atoms with Crippen LogP contribution in [0.25, 0.3) is 0 Å². The third-order valence-corrected chi connectivity index (χ3v) is 0.715. The van der Waals surface area contributed by atoms with Gasteiger partial charge < -0.3 is 0 Å². The van der Waals surface area contributed by atoms with Gasteiger partial charge in [0.1, 0.15) is 5.40 Å². The van der Waals surface area contributed by atoms with Crippen molar-refractivity contribution >= 4 is 23.4 Å². The predicted molar refractivity (Wildman–Crippen MR) is 26.9 cm³/mol. The number of hydrogen-bond acceptors (Lipinski definition) is 2. The van der Waals surface area contributed by atoms with Crippen molar-refractivity contribution in [2.75, 3.05) is 0 Å². The van der Waals surface area contributed by atoms with E-state index < -0.39 is 0 Å². The van der Waals surface area contributed by atoms with Crippen molar-refractivity contribution in [3.63, 3.8) is 0 Å². The zero-order chi connectivity index (χ0) is 4.83. The first-order valence-electron chi connectivity index (χ1n) is 1.14. The van der Waals surface area contributed by atoms with Crippen LogP contribution in [0.5, 0.6) is 0 Å².